The fraction of sp³-hybridized carbons (Fsp3) is 0.533. The van der Waals surface area contributed by atoms with E-state index in [1.54, 1.807) is 18.9 Å². The average Bonchev–Trinajstić information content (AvgIpc) is 2.41. The van der Waals surface area contributed by atoms with E-state index in [1.165, 1.54) is 12.0 Å². The van der Waals surface area contributed by atoms with Gasteiger partial charge in [-0.1, -0.05) is 25.6 Å². The molecule has 104 valence electrons. The molecule has 1 aromatic carbocycles. The predicted molar refractivity (Wildman–Crippen MR) is 84.5 cm³/mol. The average molecular weight is 278 g/mol. The molecule has 0 amide bonds. The van der Waals surface area contributed by atoms with E-state index in [2.05, 4.69) is 32.2 Å². The lowest BCUT2D eigenvalue weighted by Gasteiger charge is -2.23. The Balaban J connectivity index is 2.12. The van der Waals surface area contributed by atoms with E-state index in [0.717, 1.165) is 22.4 Å². The quantitative estimate of drug-likeness (QED) is 0.909. The maximum atomic E-state index is 5.23. The second-order valence-corrected chi connectivity index (χ2v) is 6.27. The molecule has 1 aromatic rings. The summed E-state index contributed by atoms with van der Waals surface area (Å²) < 4.78 is 5.23. The van der Waals surface area contributed by atoms with Crippen LogP contribution in [0, 0.1) is 12.8 Å². The van der Waals surface area contributed by atoms with E-state index in [4.69, 9.17) is 9.73 Å². The van der Waals surface area contributed by atoms with Gasteiger partial charge in [-0.3, -0.25) is 4.99 Å². The van der Waals surface area contributed by atoms with Crippen molar-refractivity contribution >= 4 is 22.6 Å². The molecule has 0 fully saturated rings. The van der Waals surface area contributed by atoms with E-state index in [0.29, 0.717) is 12.0 Å². The molecule has 0 bridgehead atoms. The van der Waals surface area contributed by atoms with Crippen molar-refractivity contribution in [3.63, 3.8) is 0 Å². The van der Waals surface area contributed by atoms with Crippen LogP contribution < -0.4 is 10.1 Å². The SMILES string of the molecule is COc1ccc(NC2=NC(C(C)C)CCS2)c(C)c1. The molecule has 1 N–H and O–H groups in total. The van der Waals surface area contributed by atoms with Gasteiger partial charge >= 0.3 is 0 Å². The fourth-order valence-corrected chi connectivity index (χ4v) is 3.04. The van der Waals surface area contributed by atoms with Crippen molar-refractivity contribution in [1.82, 2.24) is 0 Å². The molecule has 0 spiro atoms. The highest BCUT2D eigenvalue weighted by atomic mass is 32.2. The fourth-order valence-electron chi connectivity index (χ4n) is 2.10. The molecule has 0 aromatic heterocycles. The van der Waals surface area contributed by atoms with Crippen molar-refractivity contribution in [2.45, 2.75) is 33.2 Å². The summed E-state index contributed by atoms with van der Waals surface area (Å²) in [5.41, 5.74) is 2.28. The van der Waals surface area contributed by atoms with Crippen LogP contribution in [-0.4, -0.2) is 24.1 Å². The second kappa shape index (κ2) is 6.33. The van der Waals surface area contributed by atoms with Gasteiger partial charge in [0.1, 0.15) is 5.75 Å². The molecular formula is C15H22N2OS. The summed E-state index contributed by atoms with van der Waals surface area (Å²) in [6.45, 7) is 6.56. The van der Waals surface area contributed by atoms with Gasteiger partial charge in [-0.05, 0) is 43.0 Å². The lowest BCUT2D eigenvalue weighted by Crippen LogP contribution is -2.24. The highest BCUT2D eigenvalue weighted by molar-refractivity contribution is 8.14. The zero-order chi connectivity index (χ0) is 13.8. The van der Waals surface area contributed by atoms with Gasteiger partial charge in [-0.25, -0.2) is 0 Å². The Morgan fingerprint density at radius 1 is 1.42 bits per heavy atom. The van der Waals surface area contributed by atoms with Crippen molar-refractivity contribution in [1.29, 1.82) is 0 Å². The van der Waals surface area contributed by atoms with E-state index in [9.17, 15) is 0 Å². The highest BCUT2D eigenvalue weighted by Crippen LogP contribution is 2.26. The maximum absolute atomic E-state index is 5.23. The van der Waals surface area contributed by atoms with E-state index in [-0.39, 0.29) is 0 Å². The van der Waals surface area contributed by atoms with Crippen LogP contribution in [-0.2, 0) is 0 Å². The van der Waals surface area contributed by atoms with Crippen LogP contribution >= 0.6 is 11.8 Å². The van der Waals surface area contributed by atoms with Crippen molar-refractivity contribution in [2.75, 3.05) is 18.2 Å². The normalized spacial score (nSPS) is 19.2. The Morgan fingerprint density at radius 2 is 2.21 bits per heavy atom. The number of methoxy groups -OCH3 is 1. The van der Waals surface area contributed by atoms with Crippen molar-refractivity contribution < 1.29 is 4.74 Å². The summed E-state index contributed by atoms with van der Waals surface area (Å²) in [4.78, 5) is 4.80. The van der Waals surface area contributed by atoms with Crippen LogP contribution in [0.15, 0.2) is 23.2 Å². The largest absolute Gasteiger partial charge is 0.497 e. The van der Waals surface area contributed by atoms with Crippen LogP contribution in [0.5, 0.6) is 5.75 Å². The summed E-state index contributed by atoms with van der Waals surface area (Å²) in [5.74, 6) is 2.64. The number of rotatable bonds is 3. The molecule has 0 aliphatic carbocycles. The third-order valence-corrected chi connectivity index (χ3v) is 4.30. The predicted octanol–water partition coefficient (Wildman–Crippen LogP) is 3.93. The number of aliphatic imine (C=N–C) groups is 1. The summed E-state index contributed by atoms with van der Waals surface area (Å²) in [6, 6.07) is 6.51. The Labute approximate surface area is 119 Å². The smallest absolute Gasteiger partial charge is 0.161 e. The Bertz CT molecular complexity index is 471. The zero-order valence-corrected chi connectivity index (χ0v) is 12.9. The monoisotopic (exact) mass is 278 g/mol. The molecule has 0 saturated carbocycles. The van der Waals surface area contributed by atoms with Gasteiger partial charge in [0.2, 0.25) is 0 Å². The molecule has 1 atom stereocenters. The van der Waals surface area contributed by atoms with Crippen LogP contribution in [0.25, 0.3) is 0 Å². The third kappa shape index (κ3) is 3.66. The minimum absolute atomic E-state index is 0.447. The number of amidine groups is 1. The highest BCUT2D eigenvalue weighted by Gasteiger charge is 2.18. The zero-order valence-electron chi connectivity index (χ0n) is 12.1. The van der Waals surface area contributed by atoms with Gasteiger partial charge in [-0.15, -0.1) is 0 Å². The number of hydrogen-bond donors (Lipinski definition) is 1. The number of ether oxygens (including phenoxy) is 1. The van der Waals surface area contributed by atoms with Gasteiger partial charge in [0, 0.05) is 11.4 Å². The van der Waals surface area contributed by atoms with E-state index in [1.807, 2.05) is 12.1 Å². The molecule has 1 heterocycles. The molecule has 4 heteroatoms. The number of hydrogen-bond acceptors (Lipinski definition) is 4. The molecule has 0 saturated heterocycles. The van der Waals surface area contributed by atoms with Gasteiger partial charge in [-0.2, -0.15) is 0 Å². The molecule has 1 aliphatic heterocycles. The van der Waals surface area contributed by atoms with E-state index >= 15 is 0 Å². The Hall–Kier alpha value is -1.16. The van der Waals surface area contributed by atoms with Crippen molar-refractivity contribution in [3.05, 3.63) is 23.8 Å². The summed E-state index contributed by atoms with van der Waals surface area (Å²) in [5, 5.41) is 4.48. The maximum Gasteiger partial charge on any atom is 0.161 e. The Kier molecular flexibility index (Phi) is 4.75. The molecule has 1 aliphatic rings. The standard InChI is InChI=1S/C15H22N2OS/c1-10(2)13-7-8-19-15(16-13)17-14-6-5-12(18-4)9-11(14)3/h5-6,9-10,13H,7-8H2,1-4H3,(H,16,17). The lowest BCUT2D eigenvalue weighted by atomic mass is 10.0. The first kappa shape index (κ1) is 14.3. The molecular weight excluding hydrogens is 256 g/mol. The van der Waals surface area contributed by atoms with Gasteiger partial charge < -0.3 is 10.1 Å². The van der Waals surface area contributed by atoms with Crippen LogP contribution in [0.1, 0.15) is 25.8 Å². The van der Waals surface area contributed by atoms with Gasteiger partial charge in [0.15, 0.2) is 5.17 Å². The summed E-state index contributed by atoms with van der Waals surface area (Å²) in [7, 11) is 1.69. The number of anilines is 1. The number of thioether (sulfide) groups is 1. The van der Waals surface area contributed by atoms with Gasteiger partial charge in [0.05, 0.1) is 13.2 Å². The molecule has 2 rings (SSSR count). The first-order chi connectivity index (χ1) is 9.10. The number of aryl methyl sites for hydroxylation is 1. The van der Waals surface area contributed by atoms with E-state index < -0.39 is 0 Å². The molecule has 1 unspecified atom stereocenters. The first-order valence-corrected chi connectivity index (χ1v) is 7.71. The van der Waals surface area contributed by atoms with Gasteiger partial charge in [0.25, 0.3) is 0 Å². The number of nitrogens with zero attached hydrogens (tertiary/aromatic N) is 1. The third-order valence-electron chi connectivity index (χ3n) is 3.38. The van der Waals surface area contributed by atoms with Crippen molar-refractivity contribution in [3.8, 4) is 5.75 Å². The molecule has 3 nitrogen and oxygen atoms in total. The first-order valence-electron chi connectivity index (χ1n) is 6.72. The minimum Gasteiger partial charge on any atom is -0.497 e. The number of nitrogens with one attached hydrogen (secondary N) is 1. The summed E-state index contributed by atoms with van der Waals surface area (Å²) >= 11 is 1.81. The second-order valence-electron chi connectivity index (χ2n) is 5.19. The Morgan fingerprint density at radius 3 is 2.84 bits per heavy atom. The van der Waals surface area contributed by atoms with Crippen LogP contribution in [0.3, 0.4) is 0 Å². The van der Waals surface area contributed by atoms with Crippen molar-refractivity contribution in [2.24, 2.45) is 10.9 Å². The van der Waals surface area contributed by atoms with Crippen LogP contribution in [0.2, 0.25) is 0 Å². The molecule has 19 heavy (non-hydrogen) atoms. The lowest BCUT2D eigenvalue weighted by molar-refractivity contribution is 0.414. The number of benzene rings is 1. The topological polar surface area (TPSA) is 33.6 Å². The minimum atomic E-state index is 0.447. The molecule has 0 radical (unpaired) electrons. The van der Waals surface area contributed by atoms with Crippen LogP contribution in [0.4, 0.5) is 5.69 Å². The summed E-state index contributed by atoms with van der Waals surface area (Å²) in [6.07, 6.45) is 1.18.